The highest BCUT2D eigenvalue weighted by atomic mass is 32.1. The Hall–Kier alpha value is -2.13. The molecule has 3 aromatic rings. The number of likely N-dealkylation sites (tertiary alicyclic amines) is 1. The van der Waals surface area contributed by atoms with E-state index in [0.29, 0.717) is 5.92 Å². The molecule has 0 amide bonds. The summed E-state index contributed by atoms with van der Waals surface area (Å²) in [5.41, 5.74) is 3.00. The van der Waals surface area contributed by atoms with Crippen LogP contribution >= 0.6 is 11.3 Å². The molecular formula is C16H22N8S. The van der Waals surface area contributed by atoms with Crippen molar-refractivity contribution in [3.05, 3.63) is 41.1 Å². The molecule has 1 atom stereocenters. The molecule has 0 aromatic carbocycles. The Bertz CT molecular complexity index is 751. The Balaban J connectivity index is 1.34. The fourth-order valence-electron chi connectivity index (χ4n) is 3.51. The minimum Gasteiger partial charge on any atom is -0.329 e. The van der Waals surface area contributed by atoms with Crippen molar-refractivity contribution in [1.82, 2.24) is 39.6 Å². The van der Waals surface area contributed by atoms with Crippen LogP contribution in [0.2, 0.25) is 0 Å². The monoisotopic (exact) mass is 358 g/mol. The van der Waals surface area contributed by atoms with Crippen LogP contribution in [0.4, 0.5) is 0 Å². The number of piperidine rings is 1. The van der Waals surface area contributed by atoms with Crippen LogP contribution in [-0.2, 0) is 13.1 Å². The molecule has 8 nitrogen and oxygen atoms in total. The van der Waals surface area contributed by atoms with E-state index in [1.807, 2.05) is 11.7 Å². The second kappa shape index (κ2) is 7.83. The number of hydrogen-bond donors (Lipinski definition) is 0. The van der Waals surface area contributed by atoms with Gasteiger partial charge in [-0.2, -0.15) is 0 Å². The number of hydrogen-bond acceptors (Lipinski definition) is 7. The molecule has 0 aliphatic carbocycles. The van der Waals surface area contributed by atoms with Crippen LogP contribution in [0, 0.1) is 0 Å². The molecule has 0 spiro atoms. The van der Waals surface area contributed by atoms with Gasteiger partial charge in [0.1, 0.15) is 12.2 Å². The van der Waals surface area contributed by atoms with E-state index in [4.69, 9.17) is 0 Å². The molecule has 0 bridgehead atoms. The fraction of sp³-hybridized carbons (Fsp3) is 0.562. The van der Waals surface area contributed by atoms with Crippen molar-refractivity contribution >= 4 is 11.3 Å². The van der Waals surface area contributed by atoms with Gasteiger partial charge in [0.25, 0.3) is 0 Å². The average molecular weight is 358 g/mol. The zero-order valence-corrected chi connectivity index (χ0v) is 14.9. The zero-order chi connectivity index (χ0) is 16.9. The lowest BCUT2D eigenvalue weighted by atomic mass is 9.97. The van der Waals surface area contributed by atoms with Gasteiger partial charge in [0.2, 0.25) is 0 Å². The Morgan fingerprint density at radius 1 is 1.24 bits per heavy atom. The maximum atomic E-state index is 4.66. The molecule has 1 saturated heterocycles. The molecule has 1 aliphatic rings. The van der Waals surface area contributed by atoms with Crippen molar-refractivity contribution in [1.29, 1.82) is 0 Å². The smallest absolute Gasteiger partial charge is 0.138 e. The highest BCUT2D eigenvalue weighted by Crippen LogP contribution is 2.26. The quantitative estimate of drug-likeness (QED) is 0.639. The van der Waals surface area contributed by atoms with Gasteiger partial charge < -0.3 is 9.47 Å². The molecule has 0 unspecified atom stereocenters. The number of aryl methyl sites for hydroxylation is 1. The van der Waals surface area contributed by atoms with E-state index in [0.717, 1.165) is 38.3 Å². The number of tetrazole rings is 1. The maximum absolute atomic E-state index is 4.66. The molecule has 9 heteroatoms. The Kier molecular flexibility index (Phi) is 5.12. The van der Waals surface area contributed by atoms with E-state index in [2.05, 4.69) is 46.5 Å². The molecule has 3 aromatic heterocycles. The molecule has 0 saturated carbocycles. The first-order valence-corrected chi connectivity index (χ1v) is 9.64. The summed E-state index contributed by atoms with van der Waals surface area (Å²) in [4.78, 5) is 11.6. The molecule has 4 rings (SSSR count). The number of nitrogens with zero attached hydrogens (tertiary/aromatic N) is 8. The van der Waals surface area contributed by atoms with Gasteiger partial charge >= 0.3 is 0 Å². The molecule has 4 heterocycles. The van der Waals surface area contributed by atoms with Crippen molar-refractivity contribution in [2.45, 2.75) is 38.3 Å². The number of rotatable bonds is 7. The van der Waals surface area contributed by atoms with Gasteiger partial charge in [-0.3, -0.25) is 0 Å². The van der Waals surface area contributed by atoms with E-state index < -0.39 is 0 Å². The predicted octanol–water partition coefficient (Wildman–Crippen LogP) is 1.64. The Morgan fingerprint density at radius 3 is 3.08 bits per heavy atom. The van der Waals surface area contributed by atoms with Gasteiger partial charge in [-0.05, 0) is 42.8 Å². The largest absolute Gasteiger partial charge is 0.329 e. The van der Waals surface area contributed by atoms with Crippen LogP contribution < -0.4 is 0 Å². The maximum Gasteiger partial charge on any atom is 0.138 e. The van der Waals surface area contributed by atoms with Crippen LogP contribution in [-0.4, -0.2) is 59.3 Å². The first kappa shape index (κ1) is 16.3. The zero-order valence-electron chi connectivity index (χ0n) is 14.1. The van der Waals surface area contributed by atoms with Crippen molar-refractivity contribution in [3.8, 4) is 0 Å². The van der Waals surface area contributed by atoms with Crippen LogP contribution in [0.25, 0.3) is 0 Å². The third-order valence-corrected chi connectivity index (χ3v) is 5.32. The summed E-state index contributed by atoms with van der Waals surface area (Å²) >= 11 is 1.64. The Morgan fingerprint density at radius 2 is 2.24 bits per heavy atom. The third kappa shape index (κ3) is 4.10. The van der Waals surface area contributed by atoms with Crippen molar-refractivity contribution in [2.75, 3.05) is 19.6 Å². The first-order chi connectivity index (χ1) is 12.4. The summed E-state index contributed by atoms with van der Waals surface area (Å²) in [6.07, 6.45) is 9.15. The number of thiazole rings is 1. The normalized spacial score (nSPS) is 18.6. The summed E-state index contributed by atoms with van der Waals surface area (Å²) in [5, 5.41) is 13.4. The van der Waals surface area contributed by atoms with Crippen LogP contribution in [0.3, 0.4) is 0 Å². The Labute approximate surface area is 150 Å². The van der Waals surface area contributed by atoms with E-state index >= 15 is 0 Å². The highest BCUT2D eigenvalue weighted by Gasteiger charge is 2.24. The summed E-state index contributed by atoms with van der Waals surface area (Å²) in [6.45, 7) is 4.99. The standard InChI is InChI=1S/C16H22N8S/c1-3-14(9-22(5-1)6-2-7-24-12-19-20-21-24)16-17-4-8-23(16)10-15-11-25-13-18-15/h4,8,11-14H,1-3,5-7,9-10H2/t14-/m1/s1. The predicted molar refractivity (Wildman–Crippen MR) is 94.3 cm³/mol. The lowest BCUT2D eigenvalue weighted by Crippen LogP contribution is -2.36. The van der Waals surface area contributed by atoms with Crippen LogP contribution in [0.15, 0.2) is 29.6 Å². The minimum absolute atomic E-state index is 0.496. The average Bonchev–Trinajstić information content (AvgIpc) is 3.38. The van der Waals surface area contributed by atoms with Gasteiger partial charge in [0, 0.05) is 36.8 Å². The summed E-state index contributed by atoms with van der Waals surface area (Å²) in [7, 11) is 0. The van der Waals surface area contributed by atoms with Gasteiger partial charge in [-0.1, -0.05) is 0 Å². The van der Waals surface area contributed by atoms with E-state index in [1.54, 1.807) is 22.3 Å². The molecule has 1 fully saturated rings. The highest BCUT2D eigenvalue weighted by molar-refractivity contribution is 7.07. The first-order valence-electron chi connectivity index (χ1n) is 8.70. The fourth-order valence-corrected chi connectivity index (χ4v) is 4.06. The van der Waals surface area contributed by atoms with Crippen molar-refractivity contribution in [3.63, 3.8) is 0 Å². The second-order valence-electron chi connectivity index (χ2n) is 6.46. The molecule has 0 radical (unpaired) electrons. The SMILES string of the molecule is c1cn(Cc2cscn2)c([C@@H]2CCCN(CCCn3cnnn3)C2)n1. The van der Waals surface area contributed by atoms with Gasteiger partial charge in [0.05, 0.1) is 17.7 Å². The topological polar surface area (TPSA) is 77.5 Å². The molecule has 25 heavy (non-hydrogen) atoms. The van der Waals surface area contributed by atoms with E-state index in [1.165, 1.54) is 25.2 Å². The lowest BCUT2D eigenvalue weighted by Gasteiger charge is -2.32. The second-order valence-corrected chi connectivity index (χ2v) is 7.18. The molecule has 0 N–H and O–H groups in total. The molecular weight excluding hydrogens is 336 g/mol. The third-order valence-electron chi connectivity index (χ3n) is 4.69. The summed E-state index contributed by atoms with van der Waals surface area (Å²) in [5.74, 6) is 1.69. The summed E-state index contributed by atoms with van der Waals surface area (Å²) < 4.78 is 4.05. The van der Waals surface area contributed by atoms with E-state index in [9.17, 15) is 0 Å². The van der Waals surface area contributed by atoms with Crippen molar-refractivity contribution in [2.24, 2.45) is 0 Å². The number of imidazole rings is 1. The number of aromatic nitrogens is 7. The minimum atomic E-state index is 0.496. The van der Waals surface area contributed by atoms with Gasteiger partial charge in [0.15, 0.2) is 0 Å². The summed E-state index contributed by atoms with van der Waals surface area (Å²) in [6, 6.07) is 0. The van der Waals surface area contributed by atoms with E-state index in [-0.39, 0.29) is 0 Å². The van der Waals surface area contributed by atoms with Crippen molar-refractivity contribution < 1.29 is 0 Å². The lowest BCUT2D eigenvalue weighted by molar-refractivity contribution is 0.196. The van der Waals surface area contributed by atoms with Crippen LogP contribution in [0.5, 0.6) is 0 Å². The van der Waals surface area contributed by atoms with Gasteiger partial charge in [-0.25, -0.2) is 14.6 Å². The van der Waals surface area contributed by atoms with Gasteiger partial charge in [-0.15, -0.1) is 16.4 Å². The van der Waals surface area contributed by atoms with Crippen LogP contribution in [0.1, 0.15) is 36.7 Å². The molecule has 132 valence electrons. The molecule has 1 aliphatic heterocycles.